The fourth-order valence-corrected chi connectivity index (χ4v) is 1.87. The Morgan fingerprint density at radius 3 is 2.61 bits per heavy atom. The highest BCUT2D eigenvalue weighted by atomic mass is 19.1. The molecule has 0 radical (unpaired) electrons. The first kappa shape index (κ1) is 12.6. The molecule has 0 spiro atoms. The van der Waals surface area contributed by atoms with Crippen LogP contribution in [0.25, 0.3) is 0 Å². The molecule has 18 heavy (non-hydrogen) atoms. The minimum Gasteiger partial charge on any atom is -0.393 e. The number of fused-ring (bicyclic) bond motifs is 1. The predicted octanol–water partition coefficient (Wildman–Crippen LogP) is 1.27. The van der Waals surface area contributed by atoms with E-state index in [1.54, 1.807) is 0 Å². The van der Waals surface area contributed by atoms with Crippen molar-refractivity contribution in [2.24, 2.45) is 0 Å². The number of hydrogen-bond acceptors (Lipinski definition) is 3. The lowest BCUT2D eigenvalue weighted by Crippen LogP contribution is -2.32. The highest BCUT2D eigenvalue weighted by Gasteiger charge is 2.38. The van der Waals surface area contributed by atoms with E-state index < -0.39 is 35.0 Å². The molecule has 0 aromatic heterocycles. The van der Waals surface area contributed by atoms with Gasteiger partial charge in [-0.05, 0) is 19.4 Å². The van der Waals surface area contributed by atoms with Crippen molar-refractivity contribution < 1.29 is 23.5 Å². The van der Waals surface area contributed by atoms with Gasteiger partial charge in [0, 0.05) is 12.6 Å². The monoisotopic (exact) mass is 255 g/mol. The molecule has 0 fully saturated rings. The first-order chi connectivity index (χ1) is 8.41. The van der Waals surface area contributed by atoms with Gasteiger partial charge >= 0.3 is 0 Å². The summed E-state index contributed by atoms with van der Waals surface area (Å²) in [5.41, 5.74) is -0.463. The molecule has 1 heterocycles. The normalized spacial score (nSPS) is 16.1. The van der Waals surface area contributed by atoms with Crippen LogP contribution < -0.4 is 4.90 Å². The number of halogens is 2. The van der Waals surface area contributed by atoms with Gasteiger partial charge in [-0.2, -0.15) is 0 Å². The summed E-state index contributed by atoms with van der Waals surface area (Å²) in [6.07, 6.45) is -0.452. The highest BCUT2D eigenvalue weighted by Crippen LogP contribution is 2.32. The summed E-state index contributed by atoms with van der Waals surface area (Å²) in [5, 5.41) is 9.15. The molecule has 96 valence electrons. The number of nitrogens with zero attached hydrogens (tertiary/aromatic N) is 1. The second-order valence-corrected chi connectivity index (χ2v) is 4.21. The molecule has 0 bridgehead atoms. The van der Waals surface area contributed by atoms with Crippen molar-refractivity contribution >= 4 is 17.4 Å². The smallest absolute Gasteiger partial charge is 0.299 e. The summed E-state index contributed by atoms with van der Waals surface area (Å²) in [4.78, 5) is 24.2. The van der Waals surface area contributed by atoms with Crippen molar-refractivity contribution in [3.05, 3.63) is 29.3 Å². The third-order valence-corrected chi connectivity index (χ3v) is 2.76. The van der Waals surface area contributed by atoms with Crippen LogP contribution in [0.15, 0.2) is 12.1 Å². The third kappa shape index (κ3) is 1.99. The molecule has 0 saturated heterocycles. The summed E-state index contributed by atoms with van der Waals surface area (Å²) in [5.74, 6) is -3.76. The fourth-order valence-electron chi connectivity index (χ4n) is 1.87. The van der Waals surface area contributed by atoms with Crippen LogP contribution in [0, 0.1) is 11.6 Å². The van der Waals surface area contributed by atoms with Crippen molar-refractivity contribution in [3.63, 3.8) is 0 Å². The minimum atomic E-state index is -1.04. The van der Waals surface area contributed by atoms with Gasteiger partial charge < -0.3 is 10.0 Å². The summed E-state index contributed by atoms with van der Waals surface area (Å²) >= 11 is 0. The number of aliphatic hydroxyl groups is 1. The molecule has 0 aliphatic carbocycles. The topological polar surface area (TPSA) is 57.6 Å². The van der Waals surface area contributed by atoms with Crippen molar-refractivity contribution in [2.45, 2.75) is 19.4 Å². The Labute approximate surface area is 102 Å². The number of Topliss-reactive ketones (excluding diaryl/α,β-unsaturated/α-hetero) is 1. The molecule has 1 atom stereocenters. The van der Waals surface area contributed by atoms with Gasteiger partial charge in [0.05, 0.1) is 17.4 Å². The molecule has 2 rings (SSSR count). The maximum absolute atomic E-state index is 13.5. The first-order valence-electron chi connectivity index (χ1n) is 5.45. The summed E-state index contributed by atoms with van der Waals surface area (Å²) in [6, 6.07) is 1.52. The number of rotatable bonds is 3. The Balaban J connectivity index is 2.41. The number of anilines is 1. The van der Waals surface area contributed by atoms with E-state index in [0.717, 1.165) is 11.0 Å². The van der Waals surface area contributed by atoms with Crippen LogP contribution in [0.5, 0.6) is 0 Å². The van der Waals surface area contributed by atoms with E-state index in [1.807, 2.05) is 0 Å². The van der Waals surface area contributed by atoms with Crippen LogP contribution in [-0.2, 0) is 4.79 Å². The Kier molecular flexibility index (Phi) is 3.13. The molecule has 1 unspecified atom stereocenters. The number of aliphatic hydroxyl groups excluding tert-OH is 1. The van der Waals surface area contributed by atoms with Crippen molar-refractivity contribution in [1.29, 1.82) is 0 Å². The average molecular weight is 255 g/mol. The van der Waals surface area contributed by atoms with Gasteiger partial charge in [-0.25, -0.2) is 8.78 Å². The van der Waals surface area contributed by atoms with E-state index in [-0.39, 0.29) is 18.7 Å². The van der Waals surface area contributed by atoms with E-state index in [0.29, 0.717) is 6.07 Å². The zero-order chi connectivity index (χ0) is 13.4. The van der Waals surface area contributed by atoms with Gasteiger partial charge in [0.15, 0.2) is 0 Å². The molecular formula is C12H11F2NO3. The number of amides is 1. The standard InChI is InChI=1S/C12H11F2NO3/c1-6(16)2-3-15-9-5-7(13)4-8(14)10(9)11(17)12(15)18/h4-6,16H,2-3H2,1H3. The van der Waals surface area contributed by atoms with Crippen molar-refractivity contribution in [1.82, 2.24) is 0 Å². The van der Waals surface area contributed by atoms with E-state index in [2.05, 4.69) is 0 Å². The zero-order valence-corrected chi connectivity index (χ0v) is 9.61. The maximum Gasteiger partial charge on any atom is 0.299 e. The predicted molar refractivity (Wildman–Crippen MR) is 59.3 cm³/mol. The Morgan fingerprint density at radius 2 is 2.00 bits per heavy atom. The van der Waals surface area contributed by atoms with Crippen LogP contribution in [0.3, 0.4) is 0 Å². The lowest BCUT2D eigenvalue weighted by atomic mass is 10.1. The van der Waals surface area contributed by atoms with Crippen LogP contribution in [-0.4, -0.2) is 29.4 Å². The Hall–Kier alpha value is -1.82. The highest BCUT2D eigenvalue weighted by molar-refractivity contribution is 6.52. The van der Waals surface area contributed by atoms with Gasteiger partial charge in [0.2, 0.25) is 0 Å². The SMILES string of the molecule is CC(O)CCN1C(=O)C(=O)c2c(F)cc(F)cc21. The molecule has 4 nitrogen and oxygen atoms in total. The summed E-state index contributed by atoms with van der Waals surface area (Å²) in [7, 11) is 0. The molecule has 1 amide bonds. The number of carbonyl (C=O) groups is 2. The first-order valence-corrected chi connectivity index (χ1v) is 5.45. The fraction of sp³-hybridized carbons (Fsp3) is 0.333. The van der Waals surface area contributed by atoms with Crippen molar-refractivity contribution in [3.8, 4) is 0 Å². The van der Waals surface area contributed by atoms with Gasteiger partial charge in [0.25, 0.3) is 11.7 Å². The van der Waals surface area contributed by atoms with Gasteiger partial charge in [-0.15, -0.1) is 0 Å². The van der Waals surface area contributed by atoms with E-state index in [4.69, 9.17) is 5.11 Å². The zero-order valence-electron chi connectivity index (χ0n) is 9.61. The number of benzene rings is 1. The van der Waals surface area contributed by atoms with Gasteiger partial charge in [-0.1, -0.05) is 0 Å². The minimum absolute atomic E-state index is 0.0398. The molecule has 1 N–H and O–H groups in total. The van der Waals surface area contributed by atoms with E-state index in [1.165, 1.54) is 6.92 Å². The van der Waals surface area contributed by atoms with Crippen molar-refractivity contribution in [2.75, 3.05) is 11.4 Å². The molecular weight excluding hydrogens is 244 g/mol. The quantitative estimate of drug-likeness (QED) is 0.827. The summed E-state index contributed by atoms with van der Waals surface area (Å²) < 4.78 is 26.6. The second-order valence-electron chi connectivity index (χ2n) is 4.21. The molecule has 1 aliphatic rings. The Bertz CT molecular complexity index is 528. The Morgan fingerprint density at radius 1 is 1.33 bits per heavy atom. The molecule has 1 aliphatic heterocycles. The van der Waals surface area contributed by atoms with Crippen LogP contribution in [0.1, 0.15) is 23.7 Å². The van der Waals surface area contributed by atoms with Gasteiger partial charge in [0.1, 0.15) is 11.6 Å². The largest absolute Gasteiger partial charge is 0.393 e. The molecule has 1 aromatic rings. The third-order valence-electron chi connectivity index (χ3n) is 2.76. The number of hydrogen-bond donors (Lipinski definition) is 1. The van der Waals surface area contributed by atoms with Crippen LogP contribution >= 0.6 is 0 Å². The second kappa shape index (κ2) is 4.45. The maximum atomic E-state index is 13.5. The molecule has 1 aromatic carbocycles. The lowest BCUT2D eigenvalue weighted by molar-refractivity contribution is -0.114. The lowest BCUT2D eigenvalue weighted by Gasteiger charge is -2.17. The van der Waals surface area contributed by atoms with Crippen LogP contribution in [0.4, 0.5) is 14.5 Å². The van der Waals surface area contributed by atoms with E-state index >= 15 is 0 Å². The molecule has 6 heteroatoms. The number of carbonyl (C=O) groups excluding carboxylic acids is 2. The summed E-state index contributed by atoms with van der Waals surface area (Å²) in [6.45, 7) is 1.56. The molecule has 0 saturated carbocycles. The van der Waals surface area contributed by atoms with Crippen LogP contribution in [0.2, 0.25) is 0 Å². The van der Waals surface area contributed by atoms with E-state index in [9.17, 15) is 18.4 Å². The number of ketones is 1. The average Bonchev–Trinajstić information content (AvgIpc) is 2.49. The van der Waals surface area contributed by atoms with Gasteiger partial charge in [-0.3, -0.25) is 9.59 Å².